The van der Waals surface area contributed by atoms with Crippen molar-refractivity contribution < 1.29 is 8.42 Å². The van der Waals surface area contributed by atoms with Crippen LogP contribution in [0.1, 0.15) is 31.9 Å². The standard InChI is InChI=1S/C16H30N6O2S2/c1-4-17-15(19-11-14-12-25-16(21-14)22(2)3)18-8-9-26(23,24)20-10-13-6-5-7-13/h12-13,20H,4-11H2,1-3H3,(H2,17,18,19). The van der Waals surface area contributed by atoms with Crippen LogP contribution in [0.4, 0.5) is 5.13 Å². The largest absolute Gasteiger partial charge is 0.357 e. The summed E-state index contributed by atoms with van der Waals surface area (Å²) in [6.07, 6.45) is 3.47. The van der Waals surface area contributed by atoms with Crippen LogP contribution in [0.5, 0.6) is 0 Å². The number of hydrogen-bond acceptors (Lipinski definition) is 6. The second-order valence-corrected chi connectivity index (χ2v) is 9.37. The minimum absolute atomic E-state index is 0.0333. The summed E-state index contributed by atoms with van der Waals surface area (Å²) in [5, 5.41) is 9.13. The normalized spacial score (nSPS) is 15.6. The maximum absolute atomic E-state index is 12.0. The highest BCUT2D eigenvalue weighted by molar-refractivity contribution is 7.89. The molecule has 10 heteroatoms. The van der Waals surface area contributed by atoms with Gasteiger partial charge in [0.2, 0.25) is 10.0 Å². The van der Waals surface area contributed by atoms with Crippen LogP contribution in [0.25, 0.3) is 0 Å². The van der Waals surface area contributed by atoms with Gasteiger partial charge in [0.15, 0.2) is 11.1 Å². The zero-order valence-corrected chi connectivity index (χ0v) is 17.4. The lowest BCUT2D eigenvalue weighted by Crippen LogP contribution is -2.42. The summed E-state index contributed by atoms with van der Waals surface area (Å²) in [4.78, 5) is 10.9. The first kappa shape index (κ1) is 20.9. The van der Waals surface area contributed by atoms with Crippen LogP contribution in [0.15, 0.2) is 10.4 Å². The van der Waals surface area contributed by atoms with Crippen molar-refractivity contribution in [2.45, 2.75) is 32.7 Å². The number of nitrogens with one attached hydrogen (secondary N) is 3. The Kier molecular flexibility index (Phi) is 8.11. The third kappa shape index (κ3) is 7.08. The highest BCUT2D eigenvalue weighted by Crippen LogP contribution is 2.25. The van der Waals surface area contributed by atoms with Gasteiger partial charge in [0.1, 0.15) is 0 Å². The van der Waals surface area contributed by atoms with Gasteiger partial charge in [-0.15, -0.1) is 11.3 Å². The molecule has 0 radical (unpaired) electrons. The quantitative estimate of drug-likeness (QED) is 0.399. The van der Waals surface area contributed by atoms with Gasteiger partial charge in [-0.25, -0.2) is 23.1 Å². The van der Waals surface area contributed by atoms with E-state index in [0.717, 1.165) is 23.7 Å². The molecule has 1 heterocycles. The van der Waals surface area contributed by atoms with Gasteiger partial charge in [0.05, 0.1) is 18.0 Å². The van der Waals surface area contributed by atoms with Gasteiger partial charge >= 0.3 is 0 Å². The Labute approximate surface area is 160 Å². The topological polar surface area (TPSA) is 98.7 Å². The summed E-state index contributed by atoms with van der Waals surface area (Å²) >= 11 is 1.58. The molecule has 0 saturated heterocycles. The van der Waals surface area contributed by atoms with E-state index in [0.29, 0.717) is 38.1 Å². The summed E-state index contributed by atoms with van der Waals surface area (Å²) in [7, 11) is 0.662. The fourth-order valence-electron chi connectivity index (χ4n) is 2.39. The van der Waals surface area contributed by atoms with Gasteiger partial charge in [-0.05, 0) is 25.7 Å². The maximum Gasteiger partial charge on any atom is 0.213 e. The summed E-state index contributed by atoms with van der Waals surface area (Å²) in [6, 6.07) is 0. The maximum atomic E-state index is 12.0. The summed E-state index contributed by atoms with van der Waals surface area (Å²) in [6.45, 7) is 4.01. The molecule has 1 aromatic heterocycles. The van der Waals surface area contributed by atoms with Crippen molar-refractivity contribution in [3.63, 3.8) is 0 Å². The Morgan fingerprint density at radius 2 is 2.15 bits per heavy atom. The van der Waals surface area contributed by atoms with Crippen LogP contribution >= 0.6 is 11.3 Å². The van der Waals surface area contributed by atoms with Crippen molar-refractivity contribution in [3.8, 4) is 0 Å². The zero-order valence-electron chi connectivity index (χ0n) is 15.8. The van der Waals surface area contributed by atoms with Crippen molar-refractivity contribution in [2.75, 3.05) is 44.4 Å². The van der Waals surface area contributed by atoms with Gasteiger partial charge in [-0.3, -0.25) is 0 Å². The van der Waals surface area contributed by atoms with E-state index in [1.807, 2.05) is 31.3 Å². The van der Waals surface area contributed by atoms with Crippen LogP contribution in [-0.2, 0) is 16.6 Å². The van der Waals surface area contributed by atoms with E-state index in [1.165, 1.54) is 6.42 Å². The Morgan fingerprint density at radius 1 is 1.38 bits per heavy atom. The molecule has 1 saturated carbocycles. The van der Waals surface area contributed by atoms with E-state index < -0.39 is 10.0 Å². The first-order valence-corrected chi connectivity index (χ1v) is 11.5. The van der Waals surface area contributed by atoms with Crippen molar-refractivity contribution in [3.05, 3.63) is 11.1 Å². The van der Waals surface area contributed by atoms with Gasteiger partial charge in [-0.2, -0.15) is 0 Å². The molecule has 1 fully saturated rings. The Hall–Kier alpha value is -1.39. The molecule has 148 valence electrons. The fourth-order valence-corrected chi connectivity index (χ4v) is 4.15. The molecule has 0 aromatic carbocycles. The lowest BCUT2D eigenvalue weighted by atomic mass is 9.86. The number of aliphatic imine (C=N–C) groups is 1. The predicted octanol–water partition coefficient (Wildman–Crippen LogP) is 0.984. The predicted molar refractivity (Wildman–Crippen MR) is 108 cm³/mol. The van der Waals surface area contributed by atoms with E-state index >= 15 is 0 Å². The first-order valence-electron chi connectivity index (χ1n) is 9.01. The van der Waals surface area contributed by atoms with Crippen LogP contribution in [0.2, 0.25) is 0 Å². The van der Waals surface area contributed by atoms with E-state index in [-0.39, 0.29) is 5.75 Å². The highest BCUT2D eigenvalue weighted by Gasteiger charge is 2.20. The number of guanidine groups is 1. The van der Waals surface area contributed by atoms with Gasteiger partial charge in [0, 0.05) is 39.1 Å². The summed E-state index contributed by atoms with van der Waals surface area (Å²) in [5.41, 5.74) is 0.894. The highest BCUT2D eigenvalue weighted by atomic mass is 32.2. The fraction of sp³-hybridized carbons (Fsp3) is 0.750. The number of thiazole rings is 1. The molecule has 2 rings (SSSR count). The average molecular weight is 403 g/mol. The molecule has 0 bridgehead atoms. The van der Waals surface area contributed by atoms with Crippen LogP contribution in [0, 0.1) is 5.92 Å². The number of aromatic nitrogens is 1. The van der Waals surface area contributed by atoms with Crippen molar-refractivity contribution in [1.29, 1.82) is 0 Å². The van der Waals surface area contributed by atoms with Crippen LogP contribution in [-0.4, -0.2) is 58.8 Å². The molecule has 0 aliphatic heterocycles. The van der Waals surface area contributed by atoms with Gasteiger partial charge in [-0.1, -0.05) is 6.42 Å². The van der Waals surface area contributed by atoms with E-state index in [4.69, 9.17) is 0 Å². The van der Waals surface area contributed by atoms with E-state index in [1.54, 1.807) is 11.3 Å². The number of nitrogens with zero attached hydrogens (tertiary/aromatic N) is 3. The van der Waals surface area contributed by atoms with E-state index in [2.05, 4.69) is 25.3 Å². The molecule has 0 unspecified atom stereocenters. The minimum Gasteiger partial charge on any atom is -0.357 e. The molecule has 8 nitrogen and oxygen atoms in total. The van der Waals surface area contributed by atoms with Crippen LogP contribution < -0.4 is 20.3 Å². The Balaban J connectivity index is 1.78. The average Bonchev–Trinajstić information content (AvgIpc) is 3.00. The monoisotopic (exact) mass is 402 g/mol. The molecule has 0 spiro atoms. The van der Waals surface area contributed by atoms with Gasteiger partial charge in [0.25, 0.3) is 0 Å². The molecular formula is C16H30N6O2S2. The molecule has 1 aromatic rings. The number of sulfonamides is 1. The Bertz CT molecular complexity index is 683. The molecule has 1 aliphatic rings. The van der Waals surface area contributed by atoms with Gasteiger partial charge < -0.3 is 15.5 Å². The minimum atomic E-state index is -3.25. The lowest BCUT2D eigenvalue weighted by molar-refractivity contribution is 0.316. The first-order chi connectivity index (χ1) is 12.4. The molecule has 1 aliphatic carbocycles. The second-order valence-electron chi connectivity index (χ2n) is 6.60. The molecule has 0 amide bonds. The number of hydrogen-bond donors (Lipinski definition) is 3. The lowest BCUT2D eigenvalue weighted by Gasteiger charge is -2.25. The Morgan fingerprint density at radius 3 is 2.73 bits per heavy atom. The number of anilines is 1. The van der Waals surface area contributed by atoms with E-state index in [9.17, 15) is 8.42 Å². The molecule has 0 atom stereocenters. The molecule has 26 heavy (non-hydrogen) atoms. The third-order valence-corrected chi connectivity index (χ3v) is 6.55. The summed E-state index contributed by atoms with van der Waals surface area (Å²) in [5.74, 6) is 1.15. The third-order valence-electron chi connectivity index (χ3n) is 4.15. The molecular weight excluding hydrogens is 372 g/mol. The number of rotatable bonds is 10. The smallest absolute Gasteiger partial charge is 0.213 e. The summed E-state index contributed by atoms with van der Waals surface area (Å²) < 4.78 is 26.8. The SMILES string of the molecule is CCNC(=NCc1csc(N(C)C)n1)NCCS(=O)(=O)NCC1CCC1. The van der Waals surface area contributed by atoms with Crippen LogP contribution in [0.3, 0.4) is 0 Å². The van der Waals surface area contributed by atoms with Crippen molar-refractivity contribution >= 4 is 32.5 Å². The van der Waals surface area contributed by atoms with Crippen molar-refractivity contribution in [2.24, 2.45) is 10.9 Å². The van der Waals surface area contributed by atoms with Crippen molar-refractivity contribution in [1.82, 2.24) is 20.3 Å². The second kappa shape index (κ2) is 10.1. The molecule has 3 N–H and O–H groups in total. The zero-order chi connectivity index (χ0) is 19.0.